The molecular formula is C23H28N2O4S. The van der Waals surface area contributed by atoms with E-state index in [1.807, 2.05) is 39.0 Å². The van der Waals surface area contributed by atoms with Crippen LogP contribution >= 0.6 is 0 Å². The standard InChI is InChI=1S/C23H28N2O4S/c1-16-6-11-21-19(14-16)20(15-23(2,3)29-21)24-22(26)17-7-9-18(10-8-17)30(27,28)25-12-4-5-13-25/h6-11,14,20H,4-5,12-13,15H2,1-3H3,(H,24,26)/t20-/m1/s1. The van der Waals surface area contributed by atoms with Gasteiger partial charge in [0.05, 0.1) is 10.9 Å². The Balaban J connectivity index is 1.54. The fourth-order valence-electron chi connectivity index (χ4n) is 4.20. The number of aryl methyl sites for hydroxylation is 1. The molecule has 30 heavy (non-hydrogen) atoms. The van der Waals surface area contributed by atoms with Crippen LogP contribution in [0.3, 0.4) is 0 Å². The quantitative estimate of drug-likeness (QED) is 0.803. The Kier molecular flexibility index (Phi) is 5.36. The normalized spacial score (nSPS) is 21.0. The fourth-order valence-corrected chi connectivity index (χ4v) is 5.72. The van der Waals surface area contributed by atoms with Crippen LogP contribution in [0.5, 0.6) is 5.75 Å². The Bertz CT molecular complexity index is 1060. The Morgan fingerprint density at radius 3 is 2.43 bits per heavy atom. The zero-order chi connectivity index (χ0) is 21.5. The highest BCUT2D eigenvalue weighted by Crippen LogP contribution is 2.40. The number of carbonyl (C=O) groups is 1. The minimum absolute atomic E-state index is 0.177. The molecule has 6 nitrogen and oxygen atoms in total. The third kappa shape index (κ3) is 4.09. The van der Waals surface area contributed by atoms with E-state index in [-0.39, 0.29) is 16.8 Å². The summed E-state index contributed by atoms with van der Waals surface area (Å²) in [6.07, 6.45) is 2.43. The number of carbonyl (C=O) groups excluding carboxylic acids is 1. The highest BCUT2D eigenvalue weighted by molar-refractivity contribution is 7.89. The number of nitrogens with zero attached hydrogens (tertiary/aromatic N) is 1. The highest BCUT2D eigenvalue weighted by atomic mass is 32.2. The van der Waals surface area contributed by atoms with Gasteiger partial charge in [-0.1, -0.05) is 17.7 Å². The molecule has 2 heterocycles. The first-order valence-electron chi connectivity index (χ1n) is 10.4. The van der Waals surface area contributed by atoms with Crippen molar-refractivity contribution in [2.24, 2.45) is 0 Å². The van der Waals surface area contributed by atoms with Gasteiger partial charge in [0, 0.05) is 30.6 Å². The average Bonchev–Trinajstić information content (AvgIpc) is 3.24. The van der Waals surface area contributed by atoms with Crippen LogP contribution in [0, 0.1) is 6.92 Å². The first-order valence-corrected chi connectivity index (χ1v) is 11.8. The van der Waals surface area contributed by atoms with Gasteiger partial charge in [-0.3, -0.25) is 4.79 Å². The van der Waals surface area contributed by atoms with E-state index < -0.39 is 15.6 Å². The van der Waals surface area contributed by atoms with Gasteiger partial charge in [-0.15, -0.1) is 0 Å². The molecule has 0 aliphatic carbocycles. The van der Waals surface area contributed by atoms with Gasteiger partial charge in [0.2, 0.25) is 10.0 Å². The molecule has 0 saturated carbocycles. The van der Waals surface area contributed by atoms with E-state index >= 15 is 0 Å². The molecule has 2 aromatic carbocycles. The summed E-state index contributed by atoms with van der Waals surface area (Å²) >= 11 is 0. The second-order valence-corrected chi connectivity index (χ2v) is 10.7. The summed E-state index contributed by atoms with van der Waals surface area (Å²) in [4.78, 5) is 13.2. The van der Waals surface area contributed by atoms with Crippen molar-refractivity contribution in [1.82, 2.24) is 9.62 Å². The van der Waals surface area contributed by atoms with Gasteiger partial charge < -0.3 is 10.1 Å². The van der Waals surface area contributed by atoms with Crippen LogP contribution in [0.15, 0.2) is 47.4 Å². The number of benzene rings is 2. The zero-order valence-electron chi connectivity index (χ0n) is 17.6. The minimum Gasteiger partial charge on any atom is -0.487 e. The summed E-state index contributed by atoms with van der Waals surface area (Å²) < 4.78 is 32.9. The molecule has 2 aromatic rings. The predicted octanol–water partition coefficient (Wildman–Crippen LogP) is 3.81. The van der Waals surface area contributed by atoms with Gasteiger partial charge in [-0.2, -0.15) is 4.31 Å². The van der Waals surface area contributed by atoms with Crippen molar-refractivity contribution in [1.29, 1.82) is 0 Å². The highest BCUT2D eigenvalue weighted by Gasteiger charge is 2.35. The van der Waals surface area contributed by atoms with Crippen molar-refractivity contribution in [2.75, 3.05) is 13.1 Å². The van der Waals surface area contributed by atoms with Gasteiger partial charge >= 0.3 is 0 Å². The molecule has 4 rings (SSSR count). The second kappa shape index (κ2) is 7.71. The molecule has 1 amide bonds. The molecular weight excluding hydrogens is 400 g/mol. The summed E-state index contributed by atoms with van der Waals surface area (Å²) in [5, 5.41) is 3.11. The number of hydrogen-bond acceptors (Lipinski definition) is 4. The van der Waals surface area contributed by atoms with Gasteiger partial charge in [-0.25, -0.2) is 8.42 Å². The van der Waals surface area contributed by atoms with E-state index in [0.29, 0.717) is 25.1 Å². The number of ether oxygens (including phenoxy) is 1. The van der Waals surface area contributed by atoms with Crippen LogP contribution < -0.4 is 10.1 Å². The Labute approximate surface area is 178 Å². The van der Waals surface area contributed by atoms with Gasteiger partial charge in [0.15, 0.2) is 0 Å². The first kappa shape index (κ1) is 20.9. The largest absolute Gasteiger partial charge is 0.487 e. The smallest absolute Gasteiger partial charge is 0.251 e. The van der Waals surface area contributed by atoms with E-state index in [0.717, 1.165) is 29.7 Å². The lowest BCUT2D eigenvalue weighted by molar-refractivity contribution is 0.0619. The Morgan fingerprint density at radius 2 is 1.77 bits per heavy atom. The third-order valence-corrected chi connectivity index (χ3v) is 7.66. The maximum absolute atomic E-state index is 12.9. The number of sulfonamides is 1. The molecule has 2 aliphatic rings. The maximum Gasteiger partial charge on any atom is 0.251 e. The lowest BCUT2D eigenvalue weighted by atomic mass is 9.88. The molecule has 1 saturated heterocycles. The van der Waals surface area contributed by atoms with Gasteiger partial charge in [-0.05, 0) is 63.9 Å². The van der Waals surface area contributed by atoms with Gasteiger partial charge in [0.25, 0.3) is 5.91 Å². The van der Waals surface area contributed by atoms with Gasteiger partial charge in [0.1, 0.15) is 11.4 Å². The molecule has 0 radical (unpaired) electrons. The van der Waals surface area contributed by atoms with Crippen molar-refractivity contribution in [2.45, 2.75) is 56.6 Å². The SMILES string of the molecule is Cc1ccc2c(c1)[C@H](NC(=O)c1ccc(S(=O)(=O)N3CCCC3)cc1)CC(C)(C)O2. The molecule has 1 atom stereocenters. The number of fused-ring (bicyclic) bond motifs is 1. The molecule has 1 fully saturated rings. The molecule has 160 valence electrons. The molecule has 0 aromatic heterocycles. The van der Waals surface area contributed by atoms with Crippen molar-refractivity contribution >= 4 is 15.9 Å². The molecule has 0 spiro atoms. The van der Waals surface area contributed by atoms with E-state index in [2.05, 4.69) is 5.32 Å². The fraction of sp³-hybridized carbons (Fsp3) is 0.435. The third-order valence-electron chi connectivity index (χ3n) is 5.75. The molecule has 2 aliphatic heterocycles. The first-order chi connectivity index (χ1) is 14.2. The number of nitrogens with one attached hydrogen (secondary N) is 1. The zero-order valence-corrected chi connectivity index (χ0v) is 18.5. The maximum atomic E-state index is 12.9. The predicted molar refractivity (Wildman–Crippen MR) is 115 cm³/mol. The summed E-state index contributed by atoms with van der Waals surface area (Å²) in [5.74, 6) is 0.560. The summed E-state index contributed by atoms with van der Waals surface area (Å²) in [6, 6.07) is 12.0. The van der Waals surface area contributed by atoms with E-state index in [1.54, 1.807) is 12.1 Å². The van der Waals surface area contributed by atoms with Crippen LogP contribution in [0.2, 0.25) is 0 Å². The average molecular weight is 429 g/mol. The van der Waals surface area contributed by atoms with Crippen molar-refractivity contribution in [3.63, 3.8) is 0 Å². The number of hydrogen-bond donors (Lipinski definition) is 1. The van der Waals surface area contributed by atoms with Crippen LogP contribution in [0.25, 0.3) is 0 Å². The topological polar surface area (TPSA) is 75.7 Å². The Hall–Kier alpha value is -2.38. The summed E-state index contributed by atoms with van der Waals surface area (Å²) in [7, 11) is -3.48. The monoisotopic (exact) mass is 428 g/mol. The summed E-state index contributed by atoms with van der Waals surface area (Å²) in [6.45, 7) is 7.14. The van der Waals surface area contributed by atoms with E-state index in [9.17, 15) is 13.2 Å². The van der Waals surface area contributed by atoms with Crippen LogP contribution in [0.1, 0.15) is 60.6 Å². The van der Waals surface area contributed by atoms with Crippen molar-refractivity contribution < 1.29 is 17.9 Å². The molecule has 7 heteroatoms. The van der Waals surface area contributed by atoms with Crippen molar-refractivity contribution in [3.8, 4) is 5.75 Å². The molecule has 1 N–H and O–H groups in total. The summed E-state index contributed by atoms with van der Waals surface area (Å²) in [5.41, 5.74) is 2.12. The van der Waals surface area contributed by atoms with E-state index in [1.165, 1.54) is 16.4 Å². The van der Waals surface area contributed by atoms with Crippen LogP contribution in [-0.2, 0) is 10.0 Å². The van der Waals surface area contributed by atoms with Crippen LogP contribution in [-0.4, -0.2) is 37.3 Å². The minimum atomic E-state index is -3.48. The number of amides is 1. The van der Waals surface area contributed by atoms with E-state index in [4.69, 9.17) is 4.74 Å². The molecule has 0 bridgehead atoms. The second-order valence-electron chi connectivity index (χ2n) is 8.77. The lowest BCUT2D eigenvalue weighted by Crippen LogP contribution is -2.41. The number of rotatable bonds is 4. The van der Waals surface area contributed by atoms with Crippen LogP contribution in [0.4, 0.5) is 0 Å². The lowest BCUT2D eigenvalue weighted by Gasteiger charge is -2.38. The van der Waals surface area contributed by atoms with Crippen molar-refractivity contribution in [3.05, 3.63) is 59.2 Å². The molecule has 0 unspecified atom stereocenters. The Morgan fingerprint density at radius 1 is 1.10 bits per heavy atom.